The molecule has 104 valence electrons. The molecule has 3 rings (SSSR count). The molecule has 2 bridgehead atoms. The molecule has 1 saturated carbocycles. The molecule has 0 aromatic carbocycles. The van der Waals surface area contributed by atoms with Crippen LogP contribution in [0.25, 0.3) is 0 Å². The molecule has 5 nitrogen and oxygen atoms in total. The molecule has 3 atom stereocenters. The van der Waals surface area contributed by atoms with E-state index in [0.29, 0.717) is 11.8 Å². The Morgan fingerprint density at radius 1 is 1.21 bits per heavy atom. The summed E-state index contributed by atoms with van der Waals surface area (Å²) in [6.45, 7) is 3.32. The predicted molar refractivity (Wildman–Crippen MR) is 71.3 cm³/mol. The molecular formula is C14H21N3O2. The first-order valence-electron chi connectivity index (χ1n) is 7.18. The first kappa shape index (κ1) is 12.7. The fourth-order valence-corrected chi connectivity index (χ4v) is 3.40. The Morgan fingerprint density at radius 2 is 2.00 bits per heavy atom. The highest BCUT2D eigenvalue weighted by atomic mass is 16.2. The Kier molecular flexibility index (Phi) is 3.55. The highest BCUT2D eigenvalue weighted by molar-refractivity contribution is 5.86. The van der Waals surface area contributed by atoms with Crippen molar-refractivity contribution in [1.29, 1.82) is 0 Å². The fraction of sp³-hybridized carbons (Fsp3) is 0.714. The van der Waals surface area contributed by atoms with E-state index in [-0.39, 0.29) is 24.3 Å². The zero-order valence-electron chi connectivity index (χ0n) is 11.1. The van der Waals surface area contributed by atoms with Crippen molar-refractivity contribution >= 4 is 11.8 Å². The van der Waals surface area contributed by atoms with Crippen LogP contribution in [0.5, 0.6) is 0 Å². The van der Waals surface area contributed by atoms with Crippen molar-refractivity contribution in [2.75, 3.05) is 32.7 Å². The number of piperazine rings is 1. The summed E-state index contributed by atoms with van der Waals surface area (Å²) in [5, 5.41) is 6.03. The second kappa shape index (κ2) is 5.33. The lowest BCUT2D eigenvalue weighted by atomic mass is 9.93. The predicted octanol–water partition coefficient (Wildman–Crippen LogP) is -0.253. The second-order valence-corrected chi connectivity index (χ2v) is 5.74. The molecule has 0 radical (unpaired) electrons. The van der Waals surface area contributed by atoms with E-state index in [1.54, 1.807) is 0 Å². The van der Waals surface area contributed by atoms with Crippen LogP contribution >= 0.6 is 0 Å². The van der Waals surface area contributed by atoms with Crippen LogP contribution in [-0.2, 0) is 9.59 Å². The monoisotopic (exact) mass is 263 g/mol. The van der Waals surface area contributed by atoms with E-state index in [1.165, 1.54) is 0 Å². The summed E-state index contributed by atoms with van der Waals surface area (Å²) < 4.78 is 0. The van der Waals surface area contributed by atoms with Gasteiger partial charge in [0.05, 0.1) is 6.54 Å². The largest absolute Gasteiger partial charge is 0.347 e. The van der Waals surface area contributed by atoms with Crippen LogP contribution in [0.3, 0.4) is 0 Å². The van der Waals surface area contributed by atoms with Gasteiger partial charge in [0.2, 0.25) is 11.8 Å². The fourth-order valence-electron chi connectivity index (χ4n) is 3.40. The standard InChI is InChI=1S/C14H21N3O2/c18-13(17-5-3-15-4-6-17)9-16-14(19)12-8-10-1-2-11(12)7-10/h1-2,10-12,15H,3-9H2,(H,16,19). The van der Waals surface area contributed by atoms with Crippen LogP contribution in [-0.4, -0.2) is 49.4 Å². The molecule has 3 unspecified atom stereocenters. The Bertz CT molecular complexity index is 401. The molecule has 1 heterocycles. The first-order chi connectivity index (χ1) is 9.24. The average molecular weight is 263 g/mol. The van der Waals surface area contributed by atoms with Gasteiger partial charge in [-0.1, -0.05) is 12.2 Å². The third-order valence-corrected chi connectivity index (χ3v) is 4.50. The summed E-state index contributed by atoms with van der Waals surface area (Å²) in [6, 6.07) is 0. The number of nitrogens with zero attached hydrogens (tertiary/aromatic N) is 1. The van der Waals surface area contributed by atoms with Gasteiger partial charge in [-0.25, -0.2) is 0 Å². The molecule has 2 fully saturated rings. The van der Waals surface area contributed by atoms with Gasteiger partial charge in [0.1, 0.15) is 0 Å². The summed E-state index contributed by atoms with van der Waals surface area (Å²) in [5.41, 5.74) is 0. The van der Waals surface area contributed by atoms with Crippen molar-refractivity contribution in [2.45, 2.75) is 12.8 Å². The van der Waals surface area contributed by atoms with Crippen molar-refractivity contribution in [3.8, 4) is 0 Å². The van der Waals surface area contributed by atoms with Crippen molar-refractivity contribution in [1.82, 2.24) is 15.5 Å². The number of hydrogen-bond acceptors (Lipinski definition) is 3. The van der Waals surface area contributed by atoms with Crippen LogP contribution in [0.1, 0.15) is 12.8 Å². The van der Waals surface area contributed by atoms with Crippen molar-refractivity contribution < 1.29 is 9.59 Å². The van der Waals surface area contributed by atoms with E-state index in [2.05, 4.69) is 22.8 Å². The smallest absolute Gasteiger partial charge is 0.242 e. The molecule has 5 heteroatoms. The lowest BCUT2D eigenvalue weighted by Crippen LogP contribution is -2.50. The minimum absolute atomic E-state index is 0.0357. The maximum absolute atomic E-state index is 12.1. The maximum Gasteiger partial charge on any atom is 0.242 e. The molecule has 1 aliphatic heterocycles. The highest BCUT2D eigenvalue weighted by Crippen LogP contribution is 2.43. The minimum atomic E-state index is 0.0357. The lowest BCUT2D eigenvalue weighted by molar-refractivity contribution is -0.134. The number of carbonyl (C=O) groups is 2. The summed E-state index contributed by atoms with van der Waals surface area (Å²) >= 11 is 0. The minimum Gasteiger partial charge on any atom is -0.347 e. The summed E-state index contributed by atoms with van der Waals surface area (Å²) in [5.74, 6) is 1.17. The molecule has 19 heavy (non-hydrogen) atoms. The molecule has 1 saturated heterocycles. The van der Waals surface area contributed by atoms with Crippen LogP contribution in [0.2, 0.25) is 0 Å². The average Bonchev–Trinajstić information content (AvgIpc) is 3.08. The van der Waals surface area contributed by atoms with Gasteiger partial charge in [0.15, 0.2) is 0 Å². The zero-order chi connectivity index (χ0) is 13.2. The Morgan fingerprint density at radius 3 is 2.63 bits per heavy atom. The van der Waals surface area contributed by atoms with Crippen LogP contribution < -0.4 is 10.6 Å². The van der Waals surface area contributed by atoms with E-state index in [1.807, 2.05) is 4.90 Å². The maximum atomic E-state index is 12.1. The number of allylic oxidation sites excluding steroid dienone is 2. The zero-order valence-corrected chi connectivity index (χ0v) is 11.1. The normalized spacial score (nSPS) is 32.6. The molecule has 2 amide bonds. The first-order valence-corrected chi connectivity index (χ1v) is 7.18. The summed E-state index contributed by atoms with van der Waals surface area (Å²) in [6.07, 6.45) is 6.45. The number of amides is 2. The summed E-state index contributed by atoms with van der Waals surface area (Å²) in [7, 11) is 0. The van der Waals surface area contributed by atoms with Gasteiger partial charge in [-0.15, -0.1) is 0 Å². The Labute approximate surface area is 113 Å². The van der Waals surface area contributed by atoms with Crippen molar-refractivity contribution in [3.63, 3.8) is 0 Å². The lowest BCUT2D eigenvalue weighted by Gasteiger charge is -2.27. The third kappa shape index (κ3) is 2.66. The molecule has 0 spiro atoms. The number of rotatable bonds is 3. The molecule has 0 aromatic heterocycles. The van der Waals surface area contributed by atoms with Gasteiger partial charge < -0.3 is 15.5 Å². The van der Waals surface area contributed by atoms with Gasteiger partial charge in [-0.05, 0) is 24.7 Å². The van der Waals surface area contributed by atoms with Gasteiger partial charge in [-0.3, -0.25) is 9.59 Å². The number of hydrogen-bond donors (Lipinski definition) is 2. The topological polar surface area (TPSA) is 61.4 Å². The van der Waals surface area contributed by atoms with E-state index < -0.39 is 0 Å². The Hall–Kier alpha value is -1.36. The molecular weight excluding hydrogens is 242 g/mol. The van der Waals surface area contributed by atoms with Gasteiger partial charge in [-0.2, -0.15) is 0 Å². The number of carbonyl (C=O) groups excluding carboxylic acids is 2. The van der Waals surface area contributed by atoms with Crippen molar-refractivity contribution in [3.05, 3.63) is 12.2 Å². The van der Waals surface area contributed by atoms with Crippen LogP contribution in [0, 0.1) is 17.8 Å². The van der Waals surface area contributed by atoms with E-state index in [9.17, 15) is 9.59 Å². The van der Waals surface area contributed by atoms with Gasteiger partial charge in [0, 0.05) is 32.1 Å². The van der Waals surface area contributed by atoms with Gasteiger partial charge >= 0.3 is 0 Å². The second-order valence-electron chi connectivity index (χ2n) is 5.74. The molecule has 2 aliphatic carbocycles. The number of fused-ring (bicyclic) bond motifs is 2. The molecule has 2 N–H and O–H groups in total. The third-order valence-electron chi connectivity index (χ3n) is 4.50. The van der Waals surface area contributed by atoms with Gasteiger partial charge in [0.25, 0.3) is 0 Å². The van der Waals surface area contributed by atoms with Crippen LogP contribution in [0.4, 0.5) is 0 Å². The quantitative estimate of drug-likeness (QED) is 0.690. The SMILES string of the molecule is O=C(NCC(=O)N1CCNCC1)C1CC2C=CC1C2. The highest BCUT2D eigenvalue weighted by Gasteiger charge is 2.39. The molecule has 0 aromatic rings. The van der Waals surface area contributed by atoms with E-state index in [4.69, 9.17) is 0 Å². The number of nitrogens with one attached hydrogen (secondary N) is 2. The van der Waals surface area contributed by atoms with Crippen LogP contribution in [0.15, 0.2) is 12.2 Å². The van der Waals surface area contributed by atoms with Crippen molar-refractivity contribution in [2.24, 2.45) is 17.8 Å². The van der Waals surface area contributed by atoms with E-state index in [0.717, 1.165) is 39.0 Å². The summed E-state index contributed by atoms with van der Waals surface area (Å²) in [4.78, 5) is 25.9. The molecule has 3 aliphatic rings. The van der Waals surface area contributed by atoms with E-state index >= 15 is 0 Å². The Balaban J connectivity index is 1.45.